The molecule has 1 aromatic carbocycles. The van der Waals surface area contributed by atoms with Crippen LogP contribution >= 0.6 is 12.2 Å². The van der Waals surface area contributed by atoms with Crippen molar-refractivity contribution in [1.29, 1.82) is 0 Å². The highest BCUT2D eigenvalue weighted by Gasteiger charge is 2.25. The van der Waals surface area contributed by atoms with Gasteiger partial charge in [0, 0.05) is 18.4 Å². The summed E-state index contributed by atoms with van der Waals surface area (Å²) in [7, 11) is 0. The maximum absolute atomic E-state index is 11.0. The number of nitrogens with two attached hydrogens (primary N) is 1. The molecular formula is C17H22N4OS. The smallest absolute Gasteiger partial charge is 0.316 e. The molecule has 122 valence electrons. The summed E-state index contributed by atoms with van der Waals surface area (Å²) < 4.78 is 2.73. The summed E-state index contributed by atoms with van der Waals surface area (Å²) in [6.07, 6.45) is 7.59. The Hall–Kier alpha value is -2.08. The minimum Gasteiger partial charge on any atom is -0.351 e. The number of hydrogen-bond acceptors (Lipinski definition) is 2. The highest BCUT2D eigenvalue weighted by molar-refractivity contribution is 7.71. The van der Waals surface area contributed by atoms with Crippen molar-refractivity contribution in [2.75, 3.05) is 5.32 Å². The molecule has 2 aliphatic carbocycles. The summed E-state index contributed by atoms with van der Waals surface area (Å²) in [4.78, 5) is 11.0. The lowest BCUT2D eigenvalue weighted by molar-refractivity contribution is 0.259. The molecule has 0 radical (unpaired) electrons. The molecule has 4 rings (SSSR count). The van der Waals surface area contributed by atoms with Crippen LogP contribution in [0.1, 0.15) is 35.6 Å². The van der Waals surface area contributed by atoms with E-state index in [1.54, 1.807) is 0 Å². The number of fused-ring (bicyclic) bond motifs is 2. The van der Waals surface area contributed by atoms with Gasteiger partial charge in [0.1, 0.15) is 4.64 Å². The van der Waals surface area contributed by atoms with E-state index >= 15 is 0 Å². The van der Waals surface area contributed by atoms with E-state index in [0.29, 0.717) is 0 Å². The van der Waals surface area contributed by atoms with E-state index in [0.717, 1.165) is 42.6 Å². The van der Waals surface area contributed by atoms with Gasteiger partial charge >= 0.3 is 6.03 Å². The van der Waals surface area contributed by atoms with Crippen LogP contribution in [-0.4, -0.2) is 15.8 Å². The third-order valence-corrected chi connectivity index (χ3v) is 4.72. The molecule has 0 atom stereocenters. The van der Waals surface area contributed by atoms with Crippen molar-refractivity contribution in [3.8, 4) is 0 Å². The van der Waals surface area contributed by atoms with Crippen molar-refractivity contribution in [2.45, 2.75) is 45.6 Å². The van der Waals surface area contributed by atoms with E-state index < -0.39 is 6.03 Å². The van der Waals surface area contributed by atoms with Crippen molar-refractivity contribution >= 4 is 23.9 Å². The van der Waals surface area contributed by atoms with Gasteiger partial charge in [0.15, 0.2) is 0 Å². The number of H-pyrrole nitrogens is 1. The van der Waals surface area contributed by atoms with Crippen LogP contribution in [0.15, 0.2) is 18.3 Å². The molecule has 0 unspecified atom stereocenters. The average molecular weight is 330 g/mol. The number of aromatic amines is 1. The Labute approximate surface area is 140 Å². The van der Waals surface area contributed by atoms with Crippen LogP contribution in [0.3, 0.4) is 0 Å². The Bertz CT molecular complexity index is 790. The topological polar surface area (TPSA) is 75.8 Å². The van der Waals surface area contributed by atoms with Crippen LogP contribution in [0.4, 0.5) is 10.5 Å². The van der Waals surface area contributed by atoms with Crippen molar-refractivity contribution < 1.29 is 4.79 Å². The van der Waals surface area contributed by atoms with Gasteiger partial charge < -0.3 is 11.1 Å². The number of anilines is 1. The number of nitrogens with one attached hydrogen (secondary N) is 2. The average Bonchev–Trinajstić information content (AvgIpc) is 3.10. The zero-order chi connectivity index (χ0) is 16.4. The lowest BCUT2D eigenvalue weighted by Gasteiger charge is -2.25. The van der Waals surface area contributed by atoms with Crippen LogP contribution in [0.5, 0.6) is 0 Å². The monoisotopic (exact) mass is 330 g/mol. The SMILES string of the molecule is CCn1ccc(=S)[nH]1.NC(=O)Nc1c2c(cc3c1CC3)CCC2. The molecular weight excluding hydrogens is 308 g/mol. The summed E-state index contributed by atoms with van der Waals surface area (Å²) in [5, 5.41) is 5.76. The highest BCUT2D eigenvalue weighted by atomic mass is 32.1. The molecule has 0 saturated heterocycles. The Balaban J connectivity index is 0.000000166. The third kappa shape index (κ3) is 3.32. The summed E-state index contributed by atoms with van der Waals surface area (Å²) >= 11 is 4.82. The van der Waals surface area contributed by atoms with Crippen LogP contribution in [0.2, 0.25) is 0 Å². The van der Waals surface area contributed by atoms with E-state index in [-0.39, 0.29) is 0 Å². The summed E-state index contributed by atoms with van der Waals surface area (Å²) in [6, 6.07) is 3.75. The normalized spacial score (nSPS) is 14.1. The van der Waals surface area contributed by atoms with Gasteiger partial charge in [-0.05, 0) is 67.3 Å². The number of carbonyl (C=O) groups is 1. The Morgan fingerprint density at radius 1 is 1.30 bits per heavy atom. The van der Waals surface area contributed by atoms with E-state index in [1.807, 2.05) is 16.9 Å². The van der Waals surface area contributed by atoms with Gasteiger partial charge in [0.25, 0.3) is 0 Å². The number of primary amides is 1. The number of nitrogens with zero attached hydrogens (tertiary/aromatic N) is 1. The number of urea groups is 1. The summed E-state index contributed by atoms with van der Waals surface area (Å²) in [6.45, 7) is 3.02. The van der Waals surface area contributed by atoms with E-state index in [4.69, 9.17) is 18.0 Å². The largest absolute Gasteiger partial charge is 0.351 e. The third-order valence-electron chi connectivity index (χ3n) is 4.49. The number of benzene rings is 1. The second-order valence-electron chi connectivity index (χ2n) is 5.95. The number of rotatable bonds is 2. The lowest BCUT2D eigenvalue weighted by Crippen LogP contribution is -2.24. The highest BCUT2D eigenvalue weighted by Crippen LogP contribution is 2.39. The van der Waals surface area contributed by atoms with Gasteiger partial charge in [-0.3, -0.25) is 9.78 Å². The predicted molar refractivity (Wildman–Crippen MR) is 94.4 cm³/mol. The fourth-order valence-corrected chi connectivity index (χ4v) is 3.45. The number of hydrogen-bond donors (Lipinski definition) is 3. The molecule has 5 nitrogen and oxygen atoms in total. The zero-order valence-electron chi connectivity index (χ0n) is 13.3. The van der Waals surface area contributed by atoms with E-state index in [2.05, 4.69) is 23.4 Å². The van der Waals surface area contributed by atoms with Crippen LogP contribution in [0.25, 0.3) is 0 Å². The van der Waals surface area contributed by atoms with E-state index in [1.165, 1.54) is 28.7 Å². The Morgan fingerprint density at radius 2 is 2.04 bits per heavy atom. The first-order valence-corrected chi connectivity index (χ1v) is 8.47. The zero-order valence-corrected chi connectivity index (χ0v) is 14.1. The minimum atomic E-state index is -0.440. The number of aryl methyl sites for hydroxylation is 3. The van der Waals surface area contributed by atoms with Crippen LogP contribution < -0.4 is 11.1 Å². The fraction of sp³-hybridized carbons (Fsp3) is 0.412. The molecule has 6 heteroatoms. The maximum atomic E-state index is 11.0. The Morgan fingerprint density at radius 3 is 2.57 bits per heavy atom. The molecule has 2 aromatic rings. The number of carbonyl (C=O) groups excluding carboxylic acids is 1. The predicted octanol–water partition coefficient (Wildman–Crippen LogP) is 3.33. The standard InChI is InChI=1S/C12H14N2O.C5H8N2S/c13-12(15)14-11-9-3-1-2-7(9)6-8-4-5-10(8)11;1-2-7-4-3-5(8)6-7/h6H,1-5H2,(H3,13,14,15);3-4H,2H2,1H3,(H,6,8). The van der Waals surface area contributed by atoms with Crippen molar-refractivity contribution in [2.24, 2.45) is 5.73 Å². The lowest BCUT2D eigenvalue weighted by atomic mass is 9.83. The molecule has 0 aliphatic heterocycles. The molecule has 4 N–H and O–H groups in total. The van der Waals surface area contributed by atoms with Gasteiger partial charge in [0.2, 0.25) is 0 Å². The molecule has 0 bridgehead atoms. The van der Waals surface area contributed by atoms with Gasteiger partial charge in [-0.1, -0.05) is 18.3 Å². The second kappa shape index (κ2) is 6.58. The minimum absolute atomic E-state index is 0.440. The molecule has 0 spiro atoms. The number of aromatic nitrogens is 2. The van der Waals surface area contributed by atoms with Crippen molar-refractivity contribution in [3.63, 3.8) is 0 Å². The molecule has 0 saturated carbocycles. The van der Waals surface area contributed by atoms with Crippen LogP contribution in [0, 0.1) is 4.64 Å². The van der Waals surface area contributed by atoms with Gasteiger partial charge in [-0.2, -0.15) is 0 Å². The fourth-order valence-electron chi connectivity index (χ4n) is 3.28. The first kappa shape index (κ1) is 15.8. The maximum Gasteiger partial charge on any atom is 0.316 e. The van der Waals surface area contributed by atoms with Crippen LogP contribution in [-0.2, 0) is 32.2 Å². The molecule has 2 amide bonds. The summed E-state index contributed by atoms with van der Waals surface area (Å²) in [5.74, 6) is 0. The summed E-state index contributed by atoms with van der Waals surface area (Å²) in [5.41, 5.74) is 11.7. The number of amides is 2. The molecule has 23 heavy (non-hydrogen) atoms. The molecule has 1 aromatic heterocycles. The van der Waals surface area contributed by atoms with Gasteiger partial charge in [-0.15, -0.1) is 0 Å². The first-order valence-electron chi connectivity index (χ1n) is 8.07. The van der Waals surface area contributed by atoms with Gasteiger partial charge in [-0.25, -0.2) is 4.79 Å². The molecule has 2 aliphatic rings. The van der Waals surface area contributed by atoms with Crippen molar-refractivity contribution in [1.82, 2.24) is 9.78 Å². The molecule has 1 heterocycles. The van der Waals surface area contributed by atoms with Gasteiger partial charge in [0.05, 0.1) is 0 Å². The molecule has 0 fully saturated rings. The van der Waals surface area contributed by atoms with Crippen molar-refractivity contribution in [3.05, 3.63) is 45.2 Å². The first-order chi connectivity index (χ1) is 11.1. The second-order valence-corrected chi connectivity index (χ2v) is 6.39. The Kier molecular flexibility index (Phi) is 4.52. The van der Waals surface area contributed by atoms with E-state index in [9.17, 15) is 4.79 Å². The quantitative estimate of drug-likeness (QED) is 0.739.